The molecule has 2 aromatic carbocycles. The van der Waals surface area contributed by atoms with Crippen molar-refractivity contribution in [3.8, 4) is 11.5 Å². The van der Waals surface area contributed by atoms with Gasteiger partial charge in [-0.05, 0) is 75.0 Å². The number of ether oxygens (including phenoxy) is 1. The Bertz CT molecular complexity index is 1150. The fraction of sp³-hybridized carbons (Fsp3) is 0.500. The van der Waals surface area contributed by atoms with Crippen molar-refractivity contribution in [2.24, 2.45) is 5.92 Å². The van der Waals surface area contributed by atoms with Gasteiger partial charge < -0.3 is 19.6 Å². The number of rotatable bonds is 3. The van der Waals surface area contributed by atoms with Crippen molar-refractivity contribution < 1.29 is 14.6 Å². The van der Waals surface area contributed by atoms with Gasteiger partial charge in [-0.15, -0.1) is 0 Å². The fourth-order valence-electron chi connectivity index (χ4n) is 7.25. The molecule has 1 amide bonds. The lowest BCUT2D eigenvalue weighted by Gasteiger charge is -2.59. The lowest BCUT2D eigenvalue weighted by Crippen LogP contribution is -2.68. The molecule has 174 valence electrons. The molecule has 0 aromatic heterocycles. The van der Waals surface area contributed by atoms with Crippen LogP contribution in [-0.2, 0) is 23.1 Å². The molecule has 6 rings (SSSR count). The highest BCUT2D eigenvalue weighted by Crippen LogP contribution is 2.63. The predicted octanol–water partition coefficient (Wildman–Crippen LogP) is 4.44. The number of carbonyl (C=O) groups is 1. The van der Waals surface area contributed by atoms with Crippen LogP contribution in [0.5, 0.6) is 11.5 Å². The van der Waals surface area contributed by atoms with Crippen molar-refractivity contribution in [1.82, 2.24) is 9.80 Å². The van der Waals surface area contributed by atoms with E-state index in [1.807, 2.05) is 24.1 Å². The molecule has 2 aromatic rings. The zero-order chi connectivity index (χ0) is 23.1. The van der Waals surface area contributed by atoms with Crippen LogP contribution < -0.4 is 4.74 Å². The number of phenols is 1. The number of hydrogen-bond donors (Lipinski definition) is 1. The van der Waals surface area contributed by atoms with Gasteiger partial charge >= 0.3 is 0 Å². The SMILES string of the molecule is CN1CC[C@@]23c4c5ccc(O)c4C[C@@H]1[C@@H]2CC[C@@H](N(C)C(=O)Cc1ccc(Cl)c(Cl)c1)[C@@H]3O5. The van der Waals surface area contributed by atoms with Crippen LogP contribution in [0.1, 0.15) is 36.0 Å². The third-order valence-corrected chi connectivity index (χ3v) is 9.55. The standard InChI is InChI=1S/C26H28Cl2N2O3/c1-29-10-9-26-16-4-6-19(30(2)23(32)12-14-3-5-17(27)18(28)11-14)25(26)33-22-8-7-21(31)15(24(22)26)13-20(16)29/h3,5,7-8,11,16,19-20,25,31H,4,6,9-10,12-13H2,1-2H3/t16-,19+,20+,25-,26-/m0/s1. The Labute approximate surface area is 204 Å². The van der Waals surface area contributed by atoms with Crippen LogP contribution in [0.15, 0.2) is 30.3 Å². The second-order valence-corrected chi connectivity index (χ2v) is 11.0. The largest absolute Gasteiger partial charge is 0.508 e. The maximum Gasteiger partial charge on any atom is 0.227 e. The van der Waals surface area contributed by atoms with E-state index in [0.29, 0.717) is 27.8 Å². The number of phenolic OH excluding ortho intramolecular Hbond substituents is 1. The maximum absolute atomic E-state index is 13.4. The number of hydrogen-bond acceptors (Lipinski definition) is 4. The summed E-state index contributed by atoms with van der Waals surface area (Å²) in [4.78, 5) is 17.7. The van der Waals surface area contributed by atoms with Gasteiger partial charge in [0.2, 0.25) is 5.91 Å². The van der Waals surface area contributed by atoms with Crippen molar-refractivity contribution in [3.63, 3.8) is 0 Å². The van der Waals surface area contributed by atoms with E-state index in [9.17, 15) is 9.90 Å². The van der Waals surface area contributed by atoms with E-state index >= 15 is 0 Å². The van der Waals surface area contributed by atoms with E-state index in [0.717, 1.165) is 49.1 Å². The summed E-state index contributed by atoms with van der Waals surface area (Å²) in [5.74, 6) is 1.81. The lowest BCUT2D eigenvalue weighted by atomic mass is 9.51. The Morgan fingerprint density at radius 1 is 1.24 bits per heavy atom. The first-order chi connectivity index (χ1) is 15.8. The molecule has 5 nitrogen and oxygen atoms in total. The van der Waals surface area contributed by atoms with E-state index in [1.54, 1.807) is 18.2 Å². The second kappa shape index (κ2) is 7.53. The number of aromatic hydroxyl groups is 1. The number of nitrogens with zero attached hydrogens (tertiary/aromatic N) is 2. The quantitative estimate of drug-likeness (QED) is 0.696. The van der Waals surface area contributed by atoms with E-state index in [2.05, 4.69) is 11.9 Å². The monoisotopic (exact) mass is 486 g/mol. The van der Waals surface area contributed by atoms with E-state index in [1.165, 1.54) is 5.56 Å². The number of likely N-dealkylation sites (N-methyl/N-ethyl adjacent to an activating group) is 2. The Balaban J connectivity index is 1.35. The summed E-state index contributed by atoms with van der Waals surface area (Å²) in [7, 11) is 4.11. The smallest absolute Gasteiger partial charge is 0.227 e. The van der Waals surface area contributed by atoms with Gasteiger partial charge in [-0.3, -0.25) is 4.79 Å². The second-order valence-electron chi connectivity index (χ2n) is 10.2. The summed E-state index contributed by atoms with van der Waals surface area (Å²) in [6.07, 6.45) is 4.01. The van der Waals surface area contributed by atoms with Crippen LogP contribution in [0.25, 0.3) is 0 Å². The summed E-state index contributed by atoms with van der Waals surface area (Å²) in [5, 5.41) is 11.7. The molecule has 33 heavy (non-hydrogen) atoms. The van der Waals surface area contributed by atoms with Gasteiger partial charge in [-0.25, -0.2) is 0 Å². The van der Waals surface area contributed by atoms with Crippen LogP contribution in [0, 0.1) is 5.92 Å². The first-order valence-electron chi connectivity index (χ1n) is 11.7. The number of benzene rings is 2. The molecular formula is C26H28Cl2N2O3. The molecule has 2 fully saturated rings. The highest BCUT2D eigenvalue weighted by atomic mass is 35.5. The van der Waals surface area contributed by atoms with Crippen molar-refractivity contribution >= 4 is 29.1 Å². The molecule has 5 atom stereocenters. The highest BCUT2D eigenvalue weighted by molar-refractivity contribution is 6.42. The van der Waals surface area contributed by atoms with Crippen LogP contribution in [-0.4, -0.2) is 59.6 Å². The predicted molar refractivity (Wildman–Crippen MR) is 128 cm³/mol. The minimum absolute atomic E-state index is 0.0129. The average Bonchev–Trinajstić information content (AvgIpc) is 3.13. The van der Waals surface area contributed by atoms with E-state index < -0.39 is 0 Å². The normalized spacial score (nSPS) is 31.6. The molecule has 2 heterocycles. The Kier molecular flexibility index (Phi) is 4.92. The Hall–Kier alpha value is -1.95. The molecule has 1 saturated heterocycles. The molecule has 0 radical (unpaired) electrons. The summed E-state index contributed by atoms with van der Waals surface area (Å²) in [5.41, 5.74) is 2.98. The Morgan fingerprint density at radius 3 is 2.85 bits per heavy atom. The molecule has 1 saturated carbocycles. The molecule has 0 unspecified atom stereocenters. The zero-order valence-electron chi connectivity index (χ0n) is 18.9. The Morgan fingerprint density at radius 2 is 2.06 bits per heavy atom. The van der Waals surface area contributed by atoms with Gasteiger partial charge in [0.05, 0.1) is 22.5 Å². The van der Waals surface area contributed by atoms with E-state index in [4.69, 9.17) is 27.9 Å². The third kappa shape index (κ3) is 2.98. The number of carbonyl (C=O) groups excluding carboxylic acids is 1. The first kappa shape index (κ1) is 21.6. The van der Waals surface area contributed by atoms with Gasteiger partial charge in [0.15, 0.2) is 0 Å². The summed E-state index contributed by atoms with van der Waals surface area (Å²) < 4.78 is 6.68. The molecule has 7 heteroatoms. The van der Waals surface area contributed by atoms with Crippen molar-refractivity contribution in [1.29, 1.82) is 0 Å². The minimum Gasteiger partial charge on any atom is -0.508 e. The minimum atomic E-state index is -0.139. The number of likely N-dealkylation sites (tertiary alicyclic amines) is 1. The number of halogens is 2. The van der Waals surface area contributed by atoms with Crippen molar-refractivity contribution in [2.75, 3.05) is 20.6 Å². The number of piperidine rings is 1. The lowest BCUT2D eigenvalue weighted by molar-refractivity contribution is -0.139. The highest BCUT2D eigenvalue weighted by Gasteiger charge is 2.66. The average molecular weight is 487 g/mol. The van der Waals surface area contributed by atoms with Crippen molar-refractivity contribution in [3.05, 3.63) is 57.1 Å². The first-order valence-corrected chi connectivity index (χ1v) is 12.5. The topological polar surface area (TPSA) is 53.0 Å². The van der Waals surface area contributed by atoms with Crippen LogP contribution in [0.3, 0.4) is 0 Å². The van der Waals surface area contributed by atoms with Crippen LogP contribution in [0.2, 0.25) is 10.0 Å². The number of amides is 1. The third-order valence-electron chi connectivity index (χ3n) is 8.81. The van der Waals surface area contributed by atoms with Crippen LogP contribution >= 0.6 is 23.2 Å². The summed E-state index contributed by atoms with van der Waals surface area (Å²) in [6, 6.07) is 9.44. The summed E-state index contributed by atoms with van der Waals surface area (Å²) >= 11 is 12.2. The van der Waals surface area contributed by atoms with Gasteiger partial charge in [-0.1, -0.05) is 29.3 Å². The molecule has 2 aliphatic carbocycles. The fourth-order valence-corrected chi connectivity index (χ4v) is 7.57. The molecule has 2 aliphatic heterocycles. The summed E-state index contributed by atoms with van der Waals surface area (Å²) in [6.45, 7) is 1.00. The molecule has 4 aliphatic rings. The molecule has 2 bridgehead atoms. The molecule has 1 spiro atoms. The van der Waals surface area contributed by atoms with Gasteiger partial charge in [0.1, 0.15) is 17.6 Å². The van der Waals surface area contributed by atoms with Crippen molar-refractivity contribution in [2.45, 2.75) is 55.7 Å². The maximum atomic E-state index is 13.4. The molecular weight excluding hydrogens is 459 g/mol. The van der Waals surface area contributed by atoms with E-state index in [-0.39, 0.29) is 29.9 Å². The molecule has 1 N–H and O–H groups in total. The zero-order valence-corrected chi connectivity index (χ0v) is 20.4. The van der Waals surface area contributed by atoms with Crippen LogP contribution in [0.4, 0.5) is 0 Å². The van der Waals surface area contributed by atoms with Gasteiger partial charge in [0.25, 0.3) is 0 Å². The van der Waals surface area contributed by atoms with Gasteiger partial charge in [0, 0.05) is 29.6 Å². The van der Waals surface area contributed by atoms with Gasteiger partial charge in [-0.2, -0.15) is 0 Å².